The maximum Gasteiger partial charge on any atom is 0.224 e. The van der Waals surface area contributed by atoms with Gasteiger partial charge in [-0.1, -0.05) is 12.1 Å². The zero-order valence-electron chi connectivity index (χ0n) is 14.0. The Labute approximate surface area is 144 Å². The number of halogens is 1. The molecule has 0 radical (unpaired) electrons. The fourth-order valence-electron chi connectivity index (χ4n) is 3.44. The largest absolute Gasteiger partial charge is 0.353 e. The Bertz CT molecular complexity index is 932. The summed E-state index contributed by atoms with van der Waals surface area (Å²) >= 11 is 0. The van der Waals surface area contributed by atoms with E-state index in [0.29, 0.717) is 0 Å². The highest BCUT2D eigenvalue weighted by Crippen LogP contribution is 2.22. The summed E-state index contributed by atoms with van der Waals surface area (Å²) in [6.45, 7) is 1.96. The molecule has 6 heteroatoms. The van der Waals surface area contributed by atoms with Crippen molar-refractivity contribution < 1.29 is 9.18 Å². The van der Waals surface area contributed by atoms with Crippen LogP contribution in [-0.4, -0.2) is 26.5 Å². The standard InChI is InChI=1S/C19H19FN4O/c1-12-8-18-21-11-14-10-16(6-7-17(14)24(18)23-12)22-19(25)9-13-2-4-15(20)5-3-13/h2-5,8,11,16H,6-7,9-10H2,1H3,(H,22,25). The van der Waals surface area contributed by atoms with E-state index in [1.54, 1.807) is 12.1 Å². The van der Waals surface area contributed by atoms with Gasteiger partial charge in [0.05, 0.1) is 12.1 Å². The van der Waals surface area contributed by atoms with E-state index >= 15 is 0 Å². The number of fused-ring (bicyclic) bond motifs is 3. The molecule has 4 rings (SSSR count). The topological polar surface area (TPSA) is 59.3 Å². The predicted octanol–water partition coefficient (Wildman–Crippen LogP) is 2.39. The van der Waals surface area contributed by atoms with Crippen LogP contribution in [0.1, 0.15) is 28.9 Å². The molecule has 0 bridgehead atoms. The average molecular weight is 338 g/mol. The number of hydrogen-bond donors (Lipinski definition) is 1. The molecule has 1 aromatic carbocycles. The number of aromatic nitrogens is 3. The smallest absolute Gasteiger partial charge is 0.224 e. The maximum atomic E-state index is 12.9. The minimum atomic E-state index is -0.291. The molecule has 1 N–H and O–H groups in total. The first-order valence-corrected chi connectivity index (χ1v) is 8.45. The van der Waals surface area contributed by atoms with Crippen molar-refractivity contribution in [3.63, 3.8) is 0 Å². The minimum absolute atomic E-state index is 0.0379. The summed E-state index contributed by atoms with van der Waals surface area (Å²) in [4.78, 5) is 16.7. The number of rotatable bonds is 3. The molecule has 128 valence electrons. The minimum Gasteiger partial charge on any atom is -0.353 e. The first-order chi connectivity index (χ1) is 12.1. The molecule has 1 aliphatic carbocycles. The lowest BCUT2D eigenvalue weighted by molar-refractivity contribution is -0.121. The highest BCUT2D eigenvalue weighted by Gasteiger charge is 2.23. The van der Waals surface area contributed by atoms with Gasteiger partial charge in [-0.2, -0.15) is 5.10 Å². The van der Waals surface area contributed by atoms with Gasteiger partial charge in [0.25, 0.3) is 0 Å². The van der Waals surface area contributed by atoms with Crippen LogP contribution < -0.4 is 5.32 Å². The van der Waals surface area contributed by atoms with Crippen LogP contribution in [0.15, 0.2) is 36.5 Å². The van der Waals surface area contributed by atoms with Crippen LogP contribution in [0.5, 0.6) is 0 Å². The number of carbonyl (C=O) groups is 1. The van der Waals surface area contributed by atoms with Crippen molar-refractivity contribution in [2.75, 3.05) is 0 Å². The molecule has 25 heavy (non-hydrogen) atoms. The van der Waals surface area contributed by atoms with Crippen molar-refractivity contribution in [1.82, 2.24) is 19.9 Å². The molecule has 0 fully saturated rings. The molecule has 0 spiro atoms. The van der Waals surface area contributed by atoms with E-state index in [1.807, 2.05) is 23.7 Å². The Morgan fingerprint density at radius 2 is 2.16 bits per heavy atom. The van der Waals surface area contributed by atoms with E-state index in [0.717, 1.165) is 41.7 Å². The molecule has 2 heterocycles. The lowest BCUT2D eigenvalue weighted by Crippen LogP contribution is -2.40. The Morgan fingerprint density at radius 1 is 1.36 bits per heavy atom. The monoisotopic (exact) mass is 338 g/mol. The van der Waals surface area contributed by atoms with Gasteiger partial charge in [-0.15, -0.1) is 0 Å². The van der Waals surface area contributed by atoms with Crippen LogP contribution in [0.25, 0.3) is 5.65 Å². The van der Waals surface area contributed by atoms with Crippen molar-refractivity contribution >= 4 is 11.6 Å². The Hall–Kier alpha value is -2.76. The lowest BCUT2D eigenvalue weighted by Gasteiger charge is -2.25. The summed E-state index contributed by atoms with van der Waals surface area (Å²) in [6.07, 6.45) is 4.65. The third-order valence-corrected chi connectivity index (χ3v) is 4.63. The highest BCUT2D eigenvalue weighted by molar-refractivity contribution is 5.78. The van der Waals surface area contributed by atoms with E-state index in [-0.39, 0.29) is 24.2 Å². The molecule has 0 saturated carbocycles. The average Bonchev–Trinajstić information content (AvgIpc) is 2.97. The summed E-state index contributed by atoms with van der Waals surface area (Å²) < 4.78 is 14.9. The van der Waals surface area contributed by atoms with Crippen molar-refractivity contribution in [2.45, 2.75) is 38.6 Å². The van der Waals surface area contributed by atoms with Gasteiger partial charge >= 0.3 is 0 Å². The fraction of sp³-hybridized carbons (Fsp3) is 0.316. The molecule has 1 aliphatic rings. The van der Waals surface area contributed by atoms with E-state index in [4.69, 9.17) is 0 Å². The Morgan fingerprint density at radius 3 is 2.96 bits per heavy atom. The molecule has 1 unspecified atom stereocenters. The first kappa shape index (κ1) is 15.7. The second-order valence-corrected chi connectivity index (χ2v) is 6.60. The van der Waals surface area contributed by atoms with E-state index < -0.39 is 0 Å². The second kappa shape index (κ2) is 6.27. The molecule has 1 amide bonds. The zero-order valence-corrected chi connectivity index (χ0v) is 14.0. The van der Waals surface area contributed by atoms with Crippen molar-refractivity contribution in [3.05, 3.63) is 64.9 Å². The molecular formula is C19H19FN4O. The summed E-state index contributed by atoms with van der Waals surface area (Å²) in [6, 6.07) is 8.11. The Balaban J connectivity index is 1.44. The van der Waals surface area contributed by atoms with Crippen LogP contribution in [0.4, 0.5) is 4.39 Å². The molecule has 5 nitrogen and oxygen atoms in total. The van der Waals surface area contributed by atoms with Crippen molar-refractivity contribution in [3.8, 4) is 0 Å². The SMILES string of the molecule is Cc1cc2ncc3c(n2n1)CCC(NC(=O)Cc1ccc(F)cc1)C3. The van der Waals surface area contributed by atoms with Crippen LogP contribution in [0, 0.1) is 12.7 Å². The predicted molar refractivity (Wildman–Crippen MR) is 91.8 cm³/mol. The summed E-state index contributed by atoms with van der Waals surface area (Å²) in [7, 11) is 0. The normalized spacial score (nSPS) is 16.6. The molecule has 2 aromatic heterocycles. The van der Waals surface area contributed by atoms with Gasteiger partial charge in [-0.25, -0.2) is 13.9 Å². The number of hydrogen-bond acceptors (Lipinski definition) is 3. The third kappa shape index (κ3) is 3.24. The quantitative estimate of drug-likeness (QED) is 0.798. The van der Waals surface area contributed by atoms with Gasteiger partial charge in [0.15, 0.2) is 5.65 Å². The van der Waals surface area contributed by atoms with Gasteiger partial charge in [0.2, 0.25) is 5.91 Å². The fourth-order valence-corrected chi connectivity index (χ4v) is 3.44. The number of amides is 1. The van der Waals surface area contributed by atoms with Crippen molar-refractivity contribution in [2.24, 2.45) is 0 Å². The molecule has 3 aromatic rings. The number of carbonyl (C=O) groups excluding carboxylic acids is 1. The lowest BCUT2D eigenvalue weighted by atomic mass is 9.92. The zero-order chi connectivity index (χ0) is 17.4. The van der Waals surface area contributed by atoms with E-state index in [9.17, 15) is 9.18 Å². The van der Waals surface area contributed by atoms with Crippen LogP contribution >= 0.6 is 0 Å². The van der Waals surface area contributed by atoms with Crippen LogP contribution in [0.3, 0.4) is 0 Å². The first-order valence-electron chi connectivity index (χ1n) is 8.45. The molecule has 0 aliphatic heterocycles. The van der Waals surface area contributed by atoms with Crippen LogP contribution in [0.2, 0.25) is 0 Å². The van der Waals surface area contributed by atoms with E-state index in [2.05, 4.69) is 15.4 Å². The molecule has 1 atom stereocenters. The van der Waals surface area contributed by atoms with Gasteiger partial charge < -0.3 is 5.32 Å². The number of nitrogens with zero attached hydrogens (tertiary/aromatic N) is 3. The van der Waals surface area contributed by atoms with Crippen LogP contribution in [-0.2, 0) is 24.1 Å². The summed E-state index contributed by atoms with van der Waals surface area (Å²) in [5.41, 5.74) is 4.95. The van der Waals surface area contributed by atoms with E-state index in [1.165, 1.54) is 17.8 Å². The summed E-state index contributed by atoms with van der Waals surface area (Å²) in [5, 5.41) is 7.60. The maximum absolute atomic E-state index is 12.9. The number of aryl methyl sites for hydroxylation is 2. The van der Waals surface area contributed by atoms with Gasteiger partial charge in [-0.3, -0.25) is 4.79 Å². The van der Waals surface area contributed by atoms with Gasteiger partial charge in [0.1, 0.15) is 5.82 Å². The summed E-state index contributed by atoms with van der Waals surface area (Å²) in [5.74, 6) is -0.329. The van der Waals surface area contributed by atoms with Gasteiger partial charge in [0, 0.05) is 24.0 Å². The Kier molecular flexibility index (Phi) is 3.95. The second-order valence-electron chi connectivity index (χ2n) is 6.60. The highest BCUT2D eigenvalue weighted by atomic mass is 19.1. The molecular weight excluding hydrogens is 319 g/mol. The number of benzene rings is 1. The van der Waals surface area contributed by atoms with Crippen molar-refractivity contribution in [1.29, 1.82) is 0 Å². The number of nitrogens with one attached hydrogen (secondary N) is 1. The van der Waals surface area contributed by atoms with Gasteiger partial charge in [-0.05, 0) is 49.4 Å². The molecule has 0 saturated heterocycles. The third-order valence-electron chi connectivity index (χ3n) is 4.63.